The van der Waals surface area contributed by atoms with Crippen LogP contribution in [-0.2, 0) is 6.54 Å². The highest BCUT2D eigenvalue weighted by atomic mass is 32.2. The summed E-state index contributed by atoms with van der Waals surface area (Å²) in [6.07, 6.45) is 0. The molecule has 1 aromatic rings. The maximum atomic E-state index is 11.1. The molecule has 1 rings (SSSR count). The van der Waals surface area contributed by atoms with Crippen molar-refractivity contribution in [2.75, 3.05) is 0 Å². The van der Waals surface area contributed by atoms with Crippen molar-refractivity contribution in [1.82, 2.24) is 14.5 Å². The zero-order chi connectivity index (χ0) is 10.9. The van der Waals surface area contributed by atoms with Crippen LogP contribution in [0.4, 0.5) is 0 Å². The Labute approximate surface area is 94.0 Å². The Hall–Kier alpha value is -0.540. The van der Waals surface area contributed by atoms with Crippen LogP contribution in [0.15, 0.2) is 14.4 Å². The molecule has 0 radical (unpaired) electrons. The minimum absolute atomic E-state index is 0.146. The number of nitrogens with one attached hydrogen (secondary N) is 2. The second-order valence-corrected chi connectivity index (χ2v) is 5.90. The number of hydrogen-bond donors (Lipinski definition) is 5. The standard InChI is InChI=1S/C5H7N3O3S3/c9-2-6-3(10)8(4(11)7-2)1-5(12,13)14/h12-14H,1H2,(H2,6,7,9,10,11). The van der Waals surface area contributed by atoms with Gasteiger partial charge in [-0.05, 0) is 0 Å². The Bertz CT molecular complexity index is 459. The Kier molecular flexibility index (Phi) is 3.22. The first-order chi connectivity index (χ1) is 6.29. The van der Waals surface area contributed by atoms with Crippen molar-refractivity contribution in [1.29, 1.82) is 0 Å². The van der Waals surface area contributed by atoms with Gasteiger partial charge in [-0.3, -0.25) is 9.97 Å². The summed E-state index contributed by atoms with van der Waals surface area (Å²) in [4.78, 5) is 36.7. The van der Waals surface area contributed by atoms with Gasteiger partial charge in [-0.1, -0.05) is 0 Å². The number of nitrogens with zero attached hydrogens (tertiary/aromatic N) is 1. The van der Waals surface area contributed by atoms with E-state index in [-0.39, 0.29) is 6.54 Å². The summed E-state index contributed by atoms with van der Waals surface area (Å²) in [5.41, 5.74) is -2.49. The molecule has 14 heavy (non-hydrogen) atoms. The van der Waals surface area contributed by atoms with Crippen LogP contribution in [0, 0.1) is 0 Å². The number of H-pyrrole nitrogens is 2. The van der Waals surface area contributed by atoms with Crippen LogP contribution in [-0.4, -0.2) is 17.9 Å². The first kappa shape index (κ1) is 11.5. The van der Waals surface area contributed by atoms with Crippen LogP contribution >= 0.6 is 37.9 Å². The molecule has 2 N–H and O–H groups in total. The lowest BCUT2D eigenvalue weighted by atomic mass is 10.7. The molecular weight excluding hydrogens is 246 g/mol. The average Bonchev–Trinajstić information content (AvgIpc) is 1.95. The molecule has 6 nitrogen and oxygen atoms in total. The van der Waals surface area contributed by atoms with Gasteiger partial charge in [0.1, 0.15) is 3.41 Å². The molecule has 78 valence electrons. The number of aromatic nitrogens is 3. The summed E-state index contributed by atoms with van der Waals surface area (Å²) in [5, 5.41) is 0. The molecular formula is C5H7N3O3S3. The Morgan fingerprint density at radius 1 is 1.07 bits per heavy atom. The van der Waals surface area contributed by atoms with Gasteiger partial charge in [0.15, 0.2) is 0 Å². The van der Waals surface area contributed by atoms with Crippen molar-refractivity contribution in [3.05, 3.63) is 31.5 Å². The van der Waals surface area contributed by atoms with Crippen LogP contribution in [0.25, 0.3) is 0 Å². The second kappa shape index (κ2) is 3.91. The quantitative estimate of drug-likeness (QED) is 0.334. The number of rotatable bonds is 2. The van der Waals surface area contributed by atoms with Crippen LogP contribution in [0.3, 0.4) is 0 Å². The van der Waals surface area contributed by atoms with Crippen LogP contribution < -0.4 is 17.1 Å². The van der Waals surface area contributed by atoms with E-state index >= 15 is 0 Å². The normalized spacial score (nSPS) is 11.6. The van der Waals surface area contributed by atoms with Gasteiger partial charge in [0.25, 0.3) is 0 Å². The third kappa shape index (κ3) is 3.00. The minimum atomic E-state index is -1.12. The molecule has 0 aliphatic heterocycles. The fourth-order valence-corrected chi connectivity index (χ4v) is 1.23. The molecule has 0 atom stereocenters. The molecule has 0 aliphatic rings. The molecule has 0 aliphatic carbocycles. The molecule has 0 aromatic carbocycles. The van der Waals surface area contributed by atoms with E-state index in [9.17, 15) is 14.4 Å². The summed E-state index contributed by atoms with van der Waals surface area (Å²) in [6.45, 7) is -0.146. The lowest BCUT2D eigenvalue weighted by molar-refractivity contribution is 0.618. The molecule has 1 aromatic heterocycles. The topological polar surface area (TPSA) is 87.7 Å². The lowest BCUT2D eigenvalue weighted by Gasteiger charge is -2.14. The minimum Gasteiger partial charge on any atom is -0.259 e. The van der Waals surface area contributed by atoms with Gasteiger partial charge in [-0.25, -0.2) is 19.0 Å². The van der Waals surface area contributed by atoms with Crippen LogP contribution in [0.2, 0.25) is 0 Å². The second-order valence-electron chi connectivity index (χ2n) is 2.55. The van der Waals surface area contributed by atoms with Gasteiger partial charge in [0.2, 0.25) is 0 Å². The third-order valence-electron chi connectivity index (χ3n) is 1.30. The predicted octanol–water partition coefficient (Wildman–Crippen LogP) is -1.33. The first-order valence-corrected chi connectivity index (χ1v) is 4.74. The van der Waals surface area contributed by atoms with Crippen molar-refractivity contribution in [2.45, 2.75) is 9.96 Å². The zero-order valence-corrected chi connectivity index (χ0v) is 9.40. The van der Waals surface area contributed by atoms with Crippen molar-refractivity contribution in [2.24, 2.45) is 0 Å². The Morgan fingerprint density at radius 2 is 1.50 bits per heavy atom. The molecule has 1 heterocycles. The summed E-state index contributed by atoms with van der Waals surface area (Å²) in [6, 6.07) is 0. The summed E-state index contributed by atoms with van der Waals surface area (Å²) in [7, 11) is 0. The van der Waals surface area contributed by atoms with Gasteiger partial charge in [0, 0.05) is 0 Å². The van der Waals surface area contributed by atoms with E-state index in [4.69, 9.17) is 0 Å². The molecule has 0 spiro atoms. The van der Waals surface area contributed by atoms with Crippen LogP contribution in [0.1, 0.15) is 0 Å². The maximum Gasteiger partial charge on any atom is 0.333 e. The zero-order valence-electron chi connectivity index (χ0n) is 6.72. The van der Waals surface area contributed by atoms with Crippen molar-refractivity contribution < 1.29 is 0 Å². The highest BCUT2D eigenvalue weighted by Gasteiger charge is 2.17. The monoisotopic (exact) mass is 253 g/mol. The highest BCUT2D eigenvalue weighted by molar-refractivity contribution is 8.16. The third-order valence-corrected chi connectivity index (χ3v) is 1.73. The van der Waals surface area contributed by atoms with E-state index in [0.29, 0.717) is 0 Å². The van der Waals surface area contributed by atoms with Gasteiger partial charge >= 0.3 is 17.1 Å². The summed E-state index contributed by atoms with van der Waals surface area (Å²) >= 11 is 11.7. The van der Waals surface area contributed by atoms with E-state index < -0.39 is 20.5 Å². The predicted molar refractivity (Wildman–Crippen MR) is 61.6 cm³/mol. The molecule has 0 unspecified atom stereocenters. The summed E-state index contributed by atoms with van der Waals surface area (Å²) in [5.74, 6) is 0. The largest absolute Gasteiger partial charge is 0.333 e. The van der Waals surface area contributed by atoms with E-state index in [1.165, 1.54) is 0 Å². The fourth-order valence-electron chi connectivity index (χ4n) is 0.808. The van der Waals surface area contributed by atoms with E-state index in [0.717, 1.165) is 4.57 Å². The fraction of sp³-hybridized carbons (Fsp3) is 0.400. The number of aromatic amines is 2. The molecule has 0 amide bonds. The van der Waals surface area contributed by atoms with Crippen LogP contribution in [0.5, 0.6) is 0 Å². The number of thiol groups is 3. The van der Waals surface area contributed by atoms with Gasteiger partial charge in [-0.2, -0.15) is 0 Å². The maximum absolute atomic E-state index is 11.1. The van der Waals surface area contributed by atoms with Gasteiger partial charge in [-0.15, -0.1) is 37.9 Å². The van der Waals surface area contributed by atoms with Crippen molar-refractivity contribution >= 4 is 37.9 Å². The first-order valence-electron chi connectivity index (χ1n) is 3.40. The Balaban J connectivity index is 3.30. The van der Waals surface area contributed by atoms with E-state index in [1.807, 2.05) is 9.97 Å². The molecule has 0 saturated carbocycles. The SMILES string of the molecule is O=c1[nH]c(=O)n(CC(S)(S)S)c(=O)[nH]1. The smallest absolute Gasteiger partial charge is 0.259 e. The Morgan fingerprint density at radius 3 is 1.86 bits per heavy atom. The summed E-state index contributed by atoms with van der Waals surface area (Å²) < 4.78 is -0.372. The lowest BCUT2D eigenvalue weighted by Crippen LogP contribution is -2.45. The molecule has 0 saturated heterocycles. The van der Waals surface area contributed by atoms with Crippen molar-refractivity contribution in [3.63, 3.8) is 0 Å². The van der Waals surface area contributed by atoms with Crippen molar-refractivity contribution in [3.8, 4) is 0 Å². The van der Waals surface area contributed by atoms with Gasteiger partial charge < -0.3 is 0 Å². The highest BCUT2D eigenvalue weighted by Crippen LogP contribution is 2.24. The molecule has 0 fully saturated rings. The molecule has 0 bridgehead atoms. The molecule has 9 heteroatoms. The van der Waals surface area contributed by atoms with E-state index in [1.54, 1.807) is 0 Å². The van der Waals surface area contributed by atoms with Gasteiger partial charge in [0.05, 0.1) is 6.54 Å². The average molecular weight is 253 g/mol. The van der Waals surface area contributed by atoms with E-state index in [2.05, 4.69) is 37.9 Å². The number of hydrogen-bond acceptors (Lipinski definition) is 6.